The van der Waals surface area contributed by atoms with E-state index in [1.807, 2.05) is 6.26 Å². The van der Waals surface area contributed by atoms with Crippen LogP contribution in [0.15, 0.2) is 0 Å². The average molecular weight is 298 g/mol. The molecule has 0 aromatic carbocycles. The molecule has 106 valence electrons. The lowest BCUT2D eigenvalue weighted by molar-refractivity contribution is -0.139. The monoisotopic (exact) mass is 298 g/mol. The van der Waals surface area contributed by atoms with Crippen LogP contribution < -0.4 is 10.6 Å². The van der Waals surface area contributed by atoms with Crippen LogP contribution in [0.2, 0.25) is 0 Å². The van der Waals surface area contributed by atoms with E-state index in [9.17, 15) is 18.0 Å². The van der Waals surface area contributed by atoms with Crippen LogP contribution in [-0.4, -0.2) is 62.1 Å². The second-order valence-corrected chi connectivity index (χ2v) is 6.95. The molecule has 7 nitrogen and oxygen atoms in total. The lowest BCUT2D eigenvalue weighted by Gasteiger charge is -2.14. The summed E-state index contributed by atoms with van der Waals surface area (Å²) < 4.78 is 21.6. The summed E-state index contributed by atoms with van der Waals surface area (Å²) in [5.74, 6) is -0.675. The molecule has 0 aromatic heterocycles. The molecule has 1 atom stereocenters. The van der Waals surface area contributed by atoms with Gasteiger partial charge in [-0.15, -0.1) is 0 Å². The van der Waals surface area contributed by atoms with Gasteiger partial charge in [0.15, 0.2) is 0 Å². The van der Waals surface area contributed by atoms with Crippen LogP contribution in [-0.2, 0) is 14.6 Å². The smallest absolute Gasteiger partial charge is 0.326 e. The largest absolute Gasteiger partial charge is 0.480 e. The number of carbonyl (C=O) groups is 2. The maximum Gasteiger partial charge on any atom is 0.326 e. The van der Waals surface area contributed by atoms with Gasteiger partial charge in [0.2, 0.25) is 0 Å². The Balaban J connectivity index is 4.06. The first-order valence-electron chi connectivity index (χ1n) is 5.20. The Morgan fingerprint density at radius 1 is 1.39 bits per heavy atom. The molecule has 0 spiro atoms. The minimum Gasteiger partial charge on any atom is -0.480 e. The first-order chi connectivity index (χ1) is 8.26. The summed E-state index contributed by atoms with van der Waals surface area (Å²) in [5, 5.41) is 13.4. The predicted octanol–water partition coefficient (Wildman–Crippen LogP) is -0.463. The number of carbonyl (C=O) groups excluding carboxylic acids is 1. The molecule has 2 amide bonds. The SMILES string of the molecule is CSCC[C@H](NC(=O)NCCS(C)(=O)=O)C(=O)O. The topological polar surface area (TPSA) is 113 Å². The Labute approximate surface area is 111 Å². The highest BCUT2D eigenvalue weighted by molar-refractivity contribution is 7.98. The molecule has 0 unspecified atom stereocenters. The molecule has 0 aliphatic heterocycles. The van der Waals surface area contributed by atoms with Crippen molar-refractivity contribution in [2.75, 3.05) is 30.6 Å². The third-order valence-electron chi connectivity index (χ3n) is 1.97. The summed E-state index contributed by atoms with van der Waals surface area (Å²) in [4.78, 5) is 22.1. The molecule has 0 heterocycles. The summed E-state index contributed by atoms with van der Waals surface area (Å²) in [6.45, 7) is -0.0421. The van der Waals surface area contributed by atoms with Crippen LogP contribution in [0.3, 0.4) is 0 Å². The normalized spacial score (nSPS) is 12.8. The van der Waals surface area contributed by atoms with Gasteiger partial charge in [0, 0.05) is 12.8 Å². The number of aliphatic carboxylic acids is 1. The van der Waals surface area contributed by atoms with Crippen molar-refractivity contribution in [1.82, 2.24) is 10.6 Å². The standard InChI is InChI=1S/C9H18N2O5S2/c1-17-5-3-7(8(12)13)11-9(14)10-4-6-18(2,15)16/h7H,3-6H2,1-2H3,(H,12,13)(H2,10,11,14)/t7-/m0/s1. The summed E-state index contributed by atoms with van der Waals surface area (Å²) in [7, 11) is -3.14. The minimum absolute atomic E-state index is 0.0421. The molecule has 3 N–H and O–H groups in total. The van der Waals surface area contributed by atoms with E-state index in [1.54, 1.807) is 0 Å². The fraction of sp³-hybridized carbons (Fsp3) is 0.778. The number of amides is 2. The predicted molar refractivity (Wildman–Crippen MR) is 70.7 cm³/mol. The number of sulfone groups is 1. The lowest BCUT2D eigenvalue weighted by Crippen LogP contribution is -2.47. The third-order valence-corrected chi connectivity index (χ3v) is 3.56. The molecule has 9 heteroatoms. The number of rotatable bonds is 8. The highest BCUT2D eigenvalue weighted by Gasteiger charge is 2.19. The Hall–Kier alpha value is -0.960. The summed E-state index contributed by atoms with van der Waals surface area (Å²) >= 11 is 1.48. The van der Waals surface area contributed by atoms with Gasteiger partial charge in [-0.3, -0.25) is 0 Å². The van der Waals surface area contributed by atoms with Crippen LogP contribution in [0.4, 0.5) is 4.79 Å². The number of carboxylic acid groups (broad SMARTS) is 1. The zero-order valence-corrected chi connectivity index (χ0v) is 11.9. The van der Waals surface area contributed by atoms with Crippen molar-refractivity contribution in [3.05, 3.63) is 0 Å². The van der Waals surface area contributed by atoms with Crippen molar-refractivity contribution in [3.8, 4) is 0 Å². The van der Waals surface area contributed by atoms with E-state index in [2.05, 4.69) is 10.6 Å². The van der Waals surface area contributed by atoms with Gasteiger partial charge in [-0.2, -0.15) is 11.8 Å². The van der Waals surface area contributed by atoms with Crippen LogP contribution in [0.25, 0.3) is 0 Å². The van der Waals surface area contributed by atoms with E-state index >= 15 is 0 Å². The molecular weight excluding hydrogens is 280 g/mol. The highest BCUT2D eigenvalue weighted by Crippen LogP contribution is 2.00. The van der Waals surface area contributed by atoms with Crippen LogP contribution in [0.1, 0.15) is 6.42 Å². The van der Waals surface area contributed by atoms with E-state index < -0.39 is 27.9 Å². The fourth-order valence-corrected chi connectivity index (χ4v) is 2.00. The molecule has 0 saturated carbocycles. The van der Waals surface area contributed by atoms with Crippen LogP contribution in [0.5, 0.6) is 0 Å². The van der Waals surface area contributed by atoms with Gasteiger partial charge in [0.05, 0.1) is 5.75 Å². The van der Waals surface area contributed by atoms with Crippen LogP contribution in [0, 0.1) is 0 Å². The fourth-order valence-electron chi connectivity index (χ4n) is 1.05. The first-order valence-corrected chi connectivity index (χ1v) is 8.65. The molecule has 0 aromatic rings. The summed E-state index contributed by atoms with van der Waals surface area (Å²) in [6, 6.07) is -1.64. The number of hydrogen-bond acceptors (Lipinski definition) is 5. The molecule has 0 saturated heterocycles. The Morgan fingerprint density at radius 2 is 2.00 bits per heavy atom. The Morgan fingerprint density at radius 3 is 2.44 bits per heavy atom. The van der Waals surface area contributed by atoms with Gasteiger partial charge in [0.25, 0.3) is 0 Å². The maximum atomic E-state index is 11.3. The molecule has 0 rings (SSSR count). The third kappa shape index (κ3) is 9.11. The van der Waals surface area contributed by atoms with Gasteiger partial charge >= 0.3 is 12.0 Å². The lowest BCUT2D eigenvalue weighted by atomic mass is 10.2. The highest BCUT2D eigenvalue weighted by atomic mass is 32.2. The molecule has 0 radical (unpaired) electrons. The second kappa shape index (κ2) is 8.20. The zero-order valence-electron chi connectivity index (χ0n) is 10.3. The van der Waals surface area contributed by atoms with Gasteiger partial charge in [-0.05, 0) is 18.4 Å². The number of thioether (sulfide) groups is 1. The van der Waals surface area contributed by atoms with Gasteiger partial charge < -0.3 is 15.7 Å². The maximum absolute atomic E-state index is 11.3. The van der Waals surface area contributed by atoms with Gasteiger partial charge in [-0.1, -0.05) is 0 Å². The molecule has 0 fully saturated rings. The van der Waals surface area contributed by atoms with Gasteiger partial charge in [-0.25, -0.2) is 18.0 Å². The number of carboxylic acids is 1. The van der Waals surface area contributed by atoms with Crippen molar-refractivity contribution in [2.45, 2.75) is 12.5 Å². The minimum atomic E-state index is -3.14. The van der Waals surface area contributed by atoms with Crippen molar-refractivity contribution in [2.24, 2.45) is 0 Å². The van der Waals surface area contributed by atoms with Gasteiger partial charge in [0.1, 0.15) is 15.9 Å². The van der Waals surface area contributed by atoms with E-state index in [0.29, 0.717) is 12.2 Å². The van der Waals surface area contributed by atoms with Crippen molar-refractivity contribution < 1.29 is 23.1 Å². The summed E-state index contributed by atoms with van der Waals surface area (Å²) in [5.41, 5.74) is 0. The number of urea groups is 1. The Bertz CT molecular complexity index is 382. The second-order valence-electron chi connectivity index (χ2n) is 3.70. The number of nitrogens with one attached hydrogen (secondary N) is 2. The summed E-state index contributed by atoms with van der Waals surface area (Å²) in [6.07, 6.45) is 3.21. The average Bonchev–Trinajstić information content (AvgIpc) is 2.21. The molecule has 18 heavy (non-hydrogen) atoms. The first kappa shape index (κ1) is 17.0. The molecule has 0 aliphatic rings. The van der Waals surface area contributed by atoms with Crippen molar-refractivity contribution in [3.63, 3.8) is 0 Å². The molecule has 0 bridgehead atoms. The Kier molecular flexibility index (Phi) is 7.76. The van der Waals surface area contributed by atoms with E-state index in [1.165, 1.54) is 11.8 Å². The molecule has 0 aliphatic carbocycles. The van der Waals surface area contributed by atoms with Crippen molar-refractivity contribution >= 4 is 33.6 Å². The van der Waals surface area contributed by atoms with Crippen molar-refractivity contribution in [1.29, 1.82) is 0 Å². The zero-order chi connectivity index (χ0) is 14.2. The van der Waals surface area contributed by atoms with E-state index in [0.717, 1.165) is 6.26 Å². The number of hydrogen-bond donors (Lipinski definition) is 3. The quantitative estimate of drug-likeness (QED) is 0.559. The van der Waals surface area contributed by atoms with E-state index in [-0.39, 0.29) is 12.3 Å². The van der Waals surface area contributed by atoms with Crippen LogP contribution >= 0.6 is 11.8 Å². The molecular formula is C9H18N2O5S2. The van der Waals surface area contributed by atoms with E-state index in [4.69, 9.17) is 5.11 Å².